The van der Waals surface area contributed by atoms with Crippen LogP contribution in [0.3, 0.4) is 0 Å². The number of aromatic nitrogens is 4. The number of anilines is 1. The highest BCUT2D eigenvalue weighted by Crippen LogP contribution is 2.43. The molecular formula is C26H29N7O2. The van der Waals surface area contributed by atoms with Crippen LogP contribution in [0.4, 0.5) is 5.69 Å². The number of amides is 2. The van der Waals surface area contributed by atoms with Gasteiger partial charge in [0.05, 0.1) is 27.7 Å². The summed E-state index contributed by atoms with van der Waals surface area (Å²) >= 11 is 0. The summed E-state index contributed by atoms with van der Waals surface area (Å²) in [5.74, 6) is 0.782. The molecule has 0 aliphatic carbocycles. The summed E-state index contributed by atoms with van der Waals surface area (Å²) in [6.07, 6.45) is 0. The summed E-state index contributed by atoms with van der Waals surface area (Å²) in [6.45, 7) is 9.75. The number of benzene rings is 2. The van der Waals surface area contributed by atoms with Gasteiger partial charge in [0.15, 0.2) is 5.82 Å². The maximum absolute atomic E-state index is 13.1. The molecule has 2 aromatic carbocycles. The van der Waals surface area contributed by atoms with E-state index in [1.807, 2.05) is 60.9 Å². The topological polar surface area (TPSA) is 101 Å². The molecule has 2 amide bonds. The molecule has 1 fully saturated rings. The average molecular weight is 472 g/mol. The molecule has 0 unspecified atom stereocenters. The first-order valence-electron chi connectivity index (χ1n) is 12.1. The van der Waals surface area contributed by atoms with Crippen LogP contribution in [0.5, 0.6) is 0 Å². The molecule has 1 saturated heterocycles. The van der Waals surface area contributed by atoms with E-state index in [4.69, 9.17) is 4.98 Å². The zero-order chi connectivity index (χ0) is 24.5. The molecule has 0 bridgehead atoms. The number of likely N-dealkylation sites (N-methyl/N-ethyl adjacent to an activating group) is 2. The molecule has 2 aliphatic heterocycles. The zero-order valence-corrected chi connectivity index (χ0v) is 20.5. The second-order valence-electron chi connectivity index (χ2n) is 10.1. The van der Waals surface area contributed by atoms with Crippen molar-refractivity contribution in [2.75, 3.05) is 44.7 Å². The van der Waals surface area contributed by atoms with Gasteiger partial charge in [0.2, 0.25) is 5.91 Å². The van der Waals surface area contributed by atoms with Crippen LogP contribution in [-0.2, 0) is 10.2 Å². The van der Waals surface area contributed by atoms with Gasteiger partial charge >= 0.3 is 0 Å². The van der Waals surface area contributed by atoms with Crippen LogP contribution < -0.4 is 4.90 Å². The van der Waals surface area contributed by atoms with Crippen molar-refractivity contribution >= 4 is 39.4 Å². The highest BCUT2D eigenvalue weighted by molar-refractivity contribution is 6.09. The lowest BCUT2D eigenvalue weighted by atomic mass is 9.86. The number of piperazine rings is 1. The molecule has 9 nitrogen and oxygen atoms in total. The molecular weight excluding hydrogens is 442 g/mol. The van der Waals surface area contributed by atoms with Gasteiger partial charge in [-0.05, 0) is 63.7 Å². The van der Waals surface area contributed by atoms with E-state index in [1.165, 1.54) is 0 Å². The predicted octanol–water partition coefficient (Wildman–Crippen LogP) is 3.14. The first kappa shape index (κ1) is 21.8. The molecule has 6 rings (SSSR count). The summed E-state index contributed by atoms with van der Waals surface area (Å²) in [6, 6.07) is 9.68. The maximum atomic E-state index is 13.1. The number of fused-ring (bicyclic) bond motifs is 3. The van der Waals surface area contributed by atoms with Crippen LogP contribution in [0.1, 0.15) is 36.7 Å². The molecule has 2 aliphatic rings. The SMILES string of the molecule is CCN1C(=O)C(C)(C)c2cc3nc(-c4n[nH]c5ccc(C(=O)N6CCN(C)CC6)cc45)[nH]c3cc21. The second kappa shape index (κ2) is 7.64. The zero-order valence-electron chi connectivity index (χ0n) is 20.5. The quantitative estimate of drug-likeness (QED) is 0.478. The molecule has 180 valence electrons. The summed E-state index contributed by atoms with van der Waals surface area (Å²) in [7, 11) is 2.08. The van der Waals surface area contributed by atoms with Gasteiger partial charge < -0.3 is 19.7 Å². The predicted molar refractivity (Wildman–Crippen MR) is 136 cm³/mol. The minimum absolute atomic E-state index is 0.0414. The number of rotatable bonds is 3. The van der Waals surface area contributed by atoms with E-state index in [0.717, 1.165) is 59.4 Å². The molecule has 4 aromatic rings. The van der Waals surface area contributed by atoms with Crippen molar-refractivity contribution in [1.82, 2.24) is 30.0 Å². The Bertz CT molecular complexity index is 1490. The minimum atomic E-state index is -0.587. The van der Waals surface area contributed by atoms with Crippen LogP contribution in [0.25, 0.3) is 33.5 Å². The van der Waals surface area contributed by atoms with Gasteiger partial charge in [0.25, 0.3) is 5.91 Å². The molecule has 0 spiro atoms. The molecule has 9 heteroatoms. The Morgan fingerprint density at radius 2 is 1.86 bits per heavy atom. The van der Waals surface area contributed by atoms with Crippen LogP contribution in [-0.4, -0.2) is 81.6 Å². The van der Waals surface area contributed by atoms with E-state index < -0.39 is 5.41 Å². The highest BCUT2D eigenvalue weighted by Gasteiger charge is 2.43. The molecule has 35 heavy (non-hydrogen) atoms. The molecule has 0 saturated carbocycles. The number of imidazole rings is 1. The first-order valence-corrected chi connectivity index (χ1v) is 12.1. The second-order valence-corrected chi connectivity index (χ2v) is 10.1. The Kier molecular flexibility index (Phi) is 4.76. The van der Waals surface area contributed by atoms with Crippen molar-refractivity contribution in [3.63, 3.8) is 0 Å². The van der Waals surface area contributed by atoms with E-state index in [-0.39, 0.29) is 11.8 Å². The standard InChI is InChI=1S/C26H29N7O2/c1-5-33-21-14-20-19(13-17(21)26(2,3)25(33)35)27-23(28-20)22-16-12-15(6-7-18(16)29-30-22)24(34)32-10-8-31(4)9-11-32/h6-7,12-14H,5,8-11H2,1-4H3,(H,27,28)(H,29,30). The van der Waals surface area contributed by atoms with E-state index in [2.05, 4.69) is 27.1 Å². The largest absolute Gasteiger partial charge is 0.337 e. The summed E-state index contributed by atoms with van der Waals surface area (Å²) in [5.41, 5.74) is 5.14. The van der Waals surface area contributed by atoms with E-state index >= 15 is 0 Å². The molecule has 2 N–H and O–H groups in total. The molecule has 0 atom stereocenters. The maximum Gasteiger partial charge on any atom is 0.253 e. The van der Waals surface area contributed by atoms with E-state index in [1.54, 1.807) is 0 Å². The fourth-order valence-electron chi connectivity index (χ4n) is 5.28. The fraction of sp³-hybridized carbons (Fsp3) is 0.385. The number of hydrogen-bond donors (Lipinski definition) is 2. The molecule has 2 aromatic heterocycles. The lowest BCUT2D eigenvalue weighted by Gasteiger charge is -2.32. The van der Waals surface area contributed by atoms with Gasteiger partial charge in [-0.1, -0.05) is 0 Å². The van der Waals surface area contributed by atoms with Crippen molar-refractivity contribution in [3.05, 3.63) is 41.5 Å². The Morgan fingerprint density at radius 3 is 2.60 bits per heavy atom. The van der Waals surface area contributed by atoms with Gasteiger partial charge in [0, 0.05) is 43.7 Å². The normalized spacial score (nSPS) is 18.1. The van der Waals surface area contributed by atoms with Crippen LogP contribution in [0, 0.1) is 0 Å². The van der Waals surface area contributed by atoms with Crippen molar-refractivity contribution in [1.29, 1.82) is 0 Å². The lowest BCUT2D eigenvalue weighted by Crippen LogP contribution is -2.47. The Morgan fingerprint density at radius 1 is 1.09 bits per heavy atom. The third kappa shape index (κ3) is 3.25. The molecule has 0 radical (unpaired) electrons. The average Bonchev–Trinajstić information content (AvgIpc) is 3.51. The van der Waals surface area contributed by atoms with Crippen LogP contribution in [0.2, 0.25) is 0 Å². The van der Waals surface area contributed by atoms with Crippen LogP contribution >= 0.6 is 0 Å². The highest BCUT2D eigenvalue weighted by atomic mass is 16.2. The van der Waals surface area contributed by atoms with Gasteiger partial charge in [-0.25, -0.2) is 4.98 Å². The third-order valence-electron chi connectivity index (χ3n) is 7.48. The summed E-state index contributed by atoms with van der Waals surface area (Å²) in [4.78, 5) is 40.2. The number of H-pyrrole nitrogens is 2. The number of nitrogens with one attached hydrogen (secondary N) is 2. The fourth-order valence-corrected chi connectivity index (χ4v) is 5.28. The summed E-state index contributed by atoms with van der Waals surface area (Å²) < 4.78 is 0. The van der Waals surface area contributed by atoms with Crippen molar-refractivity contribution in [2.24, 2.45) is 0 Å². The van der Waals surface area contributed by atoms with E-state index in [0.29, 0.717) is 23.6 Å². The van der Waals surface area contributed by atoms with Gasteiger partial charge in [-0.2, -0.15) is 5.10 Å². The van der Waals surface area contributed by atoms with Crippen LogP contribution in [0.15, 0.2) is 30.3 Å². The van der Waals surface area contributed by atoms with E-state index in [9.17, 15) is 9.59 Å². The number of carbonyl (C=O) groups is 2. The Labute approximate surface area is 203 Å². The smallest absolute Gasteiger partial charge is 0.253 e. The number of carbonyl (C=O) groups excluding carboxylic acids is 2. The monoisotopic (exact) mass is 471 g/mol. The third-order valence-corrected chi connectivity index (χ3v) is 7.48. The van der Waals surface area contributed by atoms with Crippen molar-refractivity contribution < 1.29 is 9.59 Å². The minimum Gasteiger partial charge on any atom is -0.337 e. The Balaban J connectivity index is 1.40. The van der Waals surface area contributed by atoms with Gasteiger partial charge in [0.1, 0.15) is 5.69 Å². The van der Waals surface area contributed by atoms with Gasteiger partial charge in [-0.3, -0.25) is 14.7 Å². The van der Waals surface area contributed by atoms with Gasteiger partial charge in [-0.15, -0.1) is 0 Å². The Hall–Kier alpha value is -3.72. The van der Waals surface area contributed by atoms with Crippen molar-refractivity contribution in [2.45, 2.75) is 26.2 Å². The number of hydrogen-bond acceptors (Lipinski definition) is 5. The summed E-state index contributed by atoms with van der Waals surface area (Å²) in [5, 5.41) is 8.44. The lowest BCUT2D eigenvalue weighted by molar-refractivity contribution is -0.122. The number of aromatic amines is 2. The van der Waals surface area contributed by atoms with Crippen molar-refractivity contribution in [3.8, 4) is 11.5 Å². The first-order chi connectivity index (χ1) is 16.8. The molecule has 4 heterocycles. The number of nitrogens with zero attached hydrogens (tertiary/aromatic N) is 5.